The van der Waals surface area contributed by atoms with E-state index in [1.54, 1.807) is 24.3 Å². The Morgan fingerprint density at radius 3 is 2.79 bits per heavy atom. The van der Waals surface area contributed by atoms with Crippen LogP contribution in [0.25, 0.3) is 10.1 Å². The first kappa shape index (κ1) is 17.3. The number of ether oxygens (including phenoxy) is 1. The predicted octanol–water partition coefficient (Wildman–Crippen LogP) is 4.86. The van der Waals surface area contributed by atoms with Crippen LogP contribution >= 0.6 is 11.3 Å². The number of fused-ring (bicyclic) bond motifs is 2. The average Bonchev–Trinajstić information content (AvgIpc) is 3.37. The summed E-state index contributed by atoms with van der Waals surface area (Å²) in [6.45, 7) is 1.26. The molecule has 4 nitrogen and oxygen atoms in total. The Labute approximate surface area is 167 Å². The summed E-state index contributed by atoms with van der Waals surface area (Å²) in [5, 5.41) is 2.87. The molecule has 0 radical (unpaired) electrons. The molecule has 0 saturated heterocycles. The van der Waals surface area contributed by atoms with Crippen LogP contribution in [0, 0.1) is 0 Å². The van der Waals surface area contributed by atoms with Crippen LogP contribution < -0.4 is 0 Å². The summed E-state index contributed by atoms with van der Waals surface area (Å²) in [7, 11) is -3.55. The largest absolute Gasteiger partial charge is 0.487 e. The molecule has 0 saturated carbocycles. The van der Waals surface area contributed by atoms with Crippen molar-refractivity contribution in [3.63, 3.8) is 0 Å². The Balaban J connectivity index is 1.41. The molecule has 140 valence electrons. The van der Waals surface area contributed by atoms with Crippen molar-refractivity contribution in [1.82, 2.24) is 4.90 Å². The zero-order valence-electron chi connectivity index (χ0n) is 14.9. The summed E-state index contributed by atoms with van der Waals surface area (Å²) in [4.78, 5) is 2.72. The predicted molar refractivity (Wildman–Crippen MR) is 111 cm³/mol. The minimum Gasteiger partial charge on any atom is -0.487 e. The highest BCUT2D eigenvalue weighted by atomic mass is 32.2. The van der Waals surface area contributed by atoms with E-state index >= 15 is 0 Å². The van der Waals surface area contributed by atoms with Gasteiger partial charge in [-0.3, -0.25) is 0 Å². The second-order valence-corrected chi connectivity index (χ2v) is 9.53. The Kier molecular flexibility index (Phi) is 4.10. The molecule has 2 aromatic carbocycles. The Morgan fingerprint density at radius 1 is 1.07 bits per heavy atom. The summed E-state index contributed by atoms with van der Waals surface area (Å²) in [6, 6.07) is 14.5. The lowest BCUT2D eigenvalue weighted by molar-refractivity contribution is 0.265. The fourth-order valence-corrected chi connectivity index (χ4v) is 6.07. The van der Waals surface area contributed by atoms with Crippen LogP contribution in [0.5, 0.6) is 0 Å². The molecule has 0 fully saturated rings. The molecule has 0 bridgehead atoms. The van der Waals surface area contributed by atoms with Gasteiger partial charge in [0.05, 0.1) is 14.5 Å². The van der Waals surface area contributed by atoms with Gasteiger partial charge in [0, 0.05) is 24.5 Å². The monoisotopic (exact) mass is 407 g/mol. The van der Waals surface area contributed by atoms with Crippen molar-refractivity contribution in [3.8, 4) is 0 Å². The van der Waals surface area contributed by atoms with E-state index in [2.05, 4.69) is 0 Å². The molecular weight excluding hydrogens is 390 g/mol. The fraction of sp³-hybridized carbons (Fsp3) is 0.0909. The molecule has 5 rings (SSSR count). The van der Waals surface area contributed by atoms with Gasteiger partial charge < -0.3 is 9.64 Å². The summed E-state index contributed by atoms with van der Waals surface area (Å²) in [5.74, 6) is 0.880. The van der Waals surface area contributed by atoms with E-state index in [4.69, 9.17) is 4.74 Å². The first-order valence-corrected chi connectivity index (χ1v) is 11.3. The number of thiophene rings is 1. The van der Waals surface area contributed by atoms with Gasteiger partial charge in [-0.15, -0.1) is 11.3 Å². The van der Waals surface area contributed by atoms with Crippen molar-refractivity contribution in [1.29, 1.82) is 0 Å². The molecule has 0 atom stereocenters. The first-order valence-electron chi connectivity index (χ1n) is 8.91. The Hall–Kier alpha value is -2.83. The van der Waals surface area contributed by atoms with Crippen molar-refractivity contribution in [2.75, 3.05) is 6.61 Å². The van der Waals surface area contributed by atoms with Crippen LogP contribution in [0.1, 0.15) is 5.56 Å². The first-order chi connectivity index (χ1) is 13.6. The number of nitrogens with zero attached hydrogens (tertiary/aromatic N) is 1. The van der Waals surface area contributed by atoms with Gasteiger partial charge in [-0.05, 0) is 52.7 Å². The summed E-state index contributed by atoms with van der Waals surface area (Å²) in [6.07, 6.45) is 8.06. The van der Waals surface area contributed by atoms with Crippen molar-refractivity contribution in [2.45, 2.75) is 16.3 Å². The molecule has 0 spiro atoms. The smallest absolute Gasteiger partial charge is 0.208 e. The standard InChI is InChI=1S/C22H17NO3S2/c24-28(25,21-3-1-2-18-10-13-27-22(18)21)19-6-4-16(5-7-19)14-23-11-8-17-9-12-26-20(17)15-23/h1-11,13,15H,12,14H2. The normalized spacial score (nSPS) is 15.9. The summed E-state index contributed by atoms with van der Waals surface area (Å²) in [5.41, 5.74) is 2.14. The molecule has 0 N–H and O–H groups in total. The van der Waals surface area contributed by atoms with Gasteiger partial charge in [-0.2, -0.15) is 0 Å². The maximum absolute atomic E-state index is 13.1. The number of benzene rings is 2. The highest BCUT2D eigenvalue weighted by Gasteiger charge is 2.21. The van der Waals surface area contributed by atoms with Gasteiger partial charge in [-0.25, -0.2) is 8.42 Å². The molecule has 1 aromatic heterocycles. The quantitative estimate of drug-likeness (QED) is 0.620. The van der Waals surface area contributed by atoms with Crippen LogP contribution in [0.3, 0.4) is 0 Å². The van der Waals surface area contributed by atoms with Crippen LogP contribution in [0.15, 0.2) is 99.6 Å². The zero-order chi connectivity index (χ0) is 19.1. The van der Waals surface area contributed by atoms with E-state index in [0.717, 1.165) is 27.0 Å². The van der Waals surface area contributed by atoms with E-state index in [1.165, 1.54) is 11.3 Å². The van der Waals surface area contributed by atoms with Gasteiger partial charge in [0.2, 0.25) is 9.84 Å². The van der Waals surface area contributed by atoms with Gasteiger partial charge >= 0.3 is 0 Å². The molecule has 2 aliphatic rings. The van der Waals surface area contributed by atoms with Crippen LogP contribution in [-0.4, -0.2) is 19.9 Å². The highest BCUT2D eigenvalue weighted by molar-refractivity contribution is 7.92. The van der Waals surface area contributed by atoms with Crippen LogP contribution in [-0.2, 0) is 21.1 Å². The number of hydrogen-bond acceptors (Lipinski definition) is 5. The van der Waals surface area contributed by atoms with Crippen LogP contribution in [0.2, 0.25) is 0 Å². The maximum Gasteiger partial charge on any atom is 0.208 e. The minimum absolute atomic E-state index is 0.314. The van der Waals surface area contributed by atoms with Crippen molar-refractivity contribution >= 4 is 31.3 Å². The third-order valence-electron chi connectivity index (χ3n) is 4.89. The number of sulfone groups is 1. The lowest BCUT2D eigenvalue weighted by atomic mass is 10.1. The lowest BCUT2D eigenvalue weighted by Gasteiger charge is -2.20. The molecule has 3 heterocycles. The Bertz CT molecular complexity index is 1250. The molecule has 6 heteroatoms. The highest BCUT2D eigenvalue weighted by Crippen LogP contribution is 2.32. The van der Waals surface area contributed by atoms with Crippen molar-refractivity contribution in [3.05, 3.63) is 95.4 Å². The average molecular weight is 408 g/mol. The van der Waals surface area contributed by atoms with Crippen LogP contribution in [0.4, 0.5) is 0 Å². The minimum atomic E-state index is -3.55. The topological polar surface area (TPSA) is 46.6 Å². The van der Waals surface area contributed by atoms with E-state index in [1.807, 2.05) is 59.1 Å². The maximum atomic E-state index is 13.1. The molecule has 2 aliphatic heterocycles. The molecule has 0 unspecified atom stereocenters. The van der Waals surface area contributed by atoms with Gasteiger partial charge in [0.25, 0.3) is 0 Å². The van der Waals surface area contributed by atoms with Gasteiger partial charge in [0.15, 0.2) is 0 Å². The molecule has 3 aromatic rings. The van der Waals surface area contributed by atoms with E-state index in [0.29, 0.717) is 22.9 Å². The lowest BCUT2D eigenvalue weighted by Crippen LogP contribution is -2.13. The van der Waals surface area contributed by atoms with E-state index < -0.39 is 9.84 Å². The summed E-state index contributed by atoms with van der Waals surface area (Å²) >= 11 is 1.45. The second kappa shape index (κ2) is 6.65. The SMILES string of the molecule is O=S(=O)(c1ccc(CN2C=CC3=CCOC3=C2)cc1)c1cccc2ccsc12. The zero-order valence-corrected chi connectivity index (χ0v) is 16.5. The third-order valence-corrected chi connectivity index (χ3v) is 7.79. The van der Waals surface area contributed by atoms with Gasteiger partial charge in [-0.1, -0.05) is 24.3 Å². The van der Waals surface area contributed by atoms with Gasteiger partial charge in [0.1, 0.15) is 12.4 Å². The Morgan fingerprint density at radius 2 is 1.93 bits per heavy atom. The molecular formula is C22H17NO3S2. The molecule has 28 heavy (non-hydrogen) atoms. The molecule has 0 amide bonds. The van der Waals surface area contributed by atoms with Crippen molar-refractivity contribution < 1.29 is 13.2 Å². The van der Waals surface area contributed by atoms with E-state index in [-0.39, 0.29) is 0 Å². The second-order valence-electron chi connectivity index (χ2n) is 6.69. The summed E-state index contributed by atoms with van der Waals surface area (Å²) < 4.78 is 32.6. The fourth-order valence-electron chi connectivity index (χ4n) is 3.42. The molecule has 0 aliphatic carbocycles. The number of hydrogen-bond donors (Lipinski definition) is 0. The van der Waals surface area contributed by atoms with E-state index in [9.17, 15) is 8.42 Å². The van der Waals surface area contributed by atoms with Crippen molar-refractivity contribution in [2.24, 2.45) is 0 Å². The third kappa shape index (κ3) is 2.95. The number of rotatable bonds is 4. The number of allylic oxidation sites excluding steroid dienone is 1.